The molecule has 1 aromatic heterocycles. The summed E-state index contributed by atoms with van der Waals surface area (Å²) >= 11 is 0. The molecule has 0 spiro atoms. The van der Waals surface area contributed by atoms with Gasteiger partial charge in [-0.15, -0.1) is 0 Å². The van der Waals surface area contributed by atoms with Gasteiger partial charge < -0.3 is 19.3 Å². The second-order valence-corrected chi connectivity index (χ2v) is 7.43. The summed E-state index contributed by atoms with van der Waals surface area (Å²) in [6, 6.07) is 17.5. The van der Waals surface area contributed by atoms with Crippen LogP contribution in [0.5, 0.6) is 5.75 Å². The molecule has 2 aromatic carbocycles. The van der Waals surface area contributed by atoms with Gasteiger partial charge in [0.1, 0.15) is 5.75 Å². The van der Waals surface area contributed by atoms with Crippen LogP contribution in [0.15, 0.2) is 66.9 Å². The average Bonchev–Trinajstić information content (AvgIpc) is 2.86. The van der Waals surface area contributed by atoms with E-state index in [9.17, 15) is 9.59 Å². The van der Waals surface area contributed by atoms with E-state index in [-0.39, 0.29) is 12.5 Å². The molecule has 7 nitrogen and oxygen atoms in total. The SMILES string of the molecule is COc1ccc(N2CCN(C(=O)COC(=O)/C=C/c3cccc4cccnc34)CC2)cc1. The Kier molecular flexibility index (Phi) is 6.65. The normalized spacial score (nSPS) is 14.0. The Morgan fingerprint density at radius 3 is 2.50 bits per heavy atom. The Balaban J connectivity index is 1.25. The largest absolute Gasteiger partial charge is 0.497 e. The molecule has 0 unspecified atom stereocenters. The molecule has 1 aliphatic rings. The van der Waals surface area contributed by atoms with Gasteiger partial charge in [0.15, 0.2) is 6.61 Å². The number of para-hydroxylation sites is 1. The fourth-order valence-electron chi connectivity index (χ4n) is 3.70. The molecule has 3 aromatic rings. The third kappa shape index (κ3) is 5.06. The average molecular weight is 431 g/mol. The number of piperazine rings is 1. The van der Waals surface area contributed by atoms with Crippen molar-refractivity contribution >= 4 is 34.5 Å². The van der Waals surface area contributed by atoms with Crippen molar-refractivity contribution < 1.29 is 19.1 Å². The smallest absolute Gasteiger partial charge is 0.331 e. The number of carbonyl (C=O) groups is 2. The van der Waals surface area contributed by atoms with Gasteiger partial charge in [0.05, 0.1) is 12.6 Å². The molecule has 0 radical (unpaired) electrons. The standard InChI is InChI=1S/C25H25N3O4/c1-31-22-10-8-21(9-11-22)27-14-16-28(17-15-27)23(29)18-32-24(30)12-7-20-5-2-4-19-6-3-13-26-25(19)20/h2-13H,14-18H2,1H3/b12-7+. The molecule has 0 N–H and O–H groups in total. The molecule has 0 atom stereocenters. The first-order valence-corrected chi connectivity index (χ1v) is 10.5. The number of fused-ring (bicyclic) bond motifs is 1. The monoisotopic (exact) mass is 431 g/mol. The maximum atomic E-state index is 12.5. The zero-order chi connectivity index (χ0) is 22.3. The van der Waals surface area contributed by atoms with Gasteiger partial charge in [-0.05, 0) is 36.4 Å². The summed E-state index contributed by atoms with van der Waals surface area (Å²) in [7, 11) is 1.64. The Labute approximate surface area is 186 Å². The van der Waals surface area contributed by atoms with Crippen molar-refractivity contribution in [2.45, 2.75) is 0 Å². The summed E-state index contributed by atoms with van der Waals surface area (Å²) in [4.78, 5) is 32.9. The van der Waals surface area contributed by atoms with Crippen molar-refractivity contribution in [3.63, 3.8) is 0 Å². The van der Waals surface area contributed by atoms with Gasteiger partial charge in [-0.1, -0.05) is 24.3 Å². The minimum atomic E-state index is -0.553. The number of carbonyl (C=O) groups excluding carboxylic acids is 2. The number of amides is 1. The zero-order valence-corrected chi connectivity index (χ0v) is 17.9. The summed E-state index contributed by atoms with van der Waals surface area (Å²) in [6.07, 6.45) is 4.71. The molecule has 0 saturated carbocycles. The summed E-state index contributed by atoms with van der Waals surface area (Å²) in [5, 5.41) is 0.993. The number of pyridine rings is 1. The van der Waals surface area contributed by atoms with Crippen LogP contribution in [0, 0.1) is 0 Å². The lowest BCUT2D eigenvalue weighted by Crippen LogP contribution is -2.49. The van der Waals surface area contributed by atoms with Crippen LogP contribution in [-0.4, -0.2) is 61.7 Å². The van der Waals surface area contributed by atoms with Gasteiger partial charge in [0.25, 0.3) is 5.91 Å². The fourth-order valence-corrected chi connectivity index (χ4v) is 3.70. The molecule has 1 aliphatic heterocycles. The molecule has 2 heterocycles. The number of hydrogen-bond donors (Lipinski definition) is 0. The van der Waals surface area contributed by atoms with E-state index in [2.05, 4.69) is 9.88 Å². The Morgan fingerprint density at radius 2 is 1.75 bits per heavy atom. The van der Waals surface area contributed by atoms with Crippen molar-refractivity contribution in [2.75, 3.05) is 44.8 Å². The van der Waals surface area contributed by atoms with Gasteiger partial charge in [-0.2, -0.15) is 0 Å². The Morgan fingerprint density at radius 1 is 1.00 bits per heavy atom. The number of methoxy groups -OCH3 is 1. The van der Waals surface area contributed by atoms with Crippen LogP contribution in [-0.2, 0) is 14.3 Å². The zero-order valence-electron chi connectivity index (χ0n) is 17.9. The fraction of sp³-hybridized carbons (Fsp3) is 0.240. The molecule has 1 saturated heterocycles. The minimum absolute atomic E-state index is 0.187. The van der Waals surface area contributed by atoms with E-state index in [1.54, 1.807) is 24.3 Å². The molecule has 0 bridgehead atoms. The molecular formula is C25H25N3O4. The van der Waals surface area contributed by atoms with Crippen molar-refractivity contribution in [1.82, 2.24) is 9.88 Å². The lowest BCUT2D eigenvalue weighted by Gasteiger charge is -2.36. The van der Waals surface area contributed by atoms with Gasteiger partial charge in [0, 0.05) is 55.1 Å². The first-order valence-electron chi connectivity index (χ1n) is 10.5. The number of esters is 1. The van der Waals surface area contributed by atoms with E-state index < -0.39 is 5.97 Å². The van der Waals surface area contributed by atoms with Gasteiger partial charge in [-0.25, -0.2) is 4.79 Å². The maximum absolute atomic E-state index is 12.5. The summed E-state index contributed by atoms with van der Waals surface area (Å²) in [5.74, 6) is 0.0752. The lowest BCUT2D eigenvalue weighted by atomic mass is 10.1. The first-order chi connectivity index (χ1) is 15.6. The number of aromatic nitrogens is 1. The molecule has 7 heteroatoms. The molecule has 1 fully saturated rings. The van der Waals surface area contributed by atoms with Gasteiger partial charge in [0.2, 0.25) is 0 Å². The van der Waals surface area contributed by atoms with Crippen LogP contribution >= 0.6 is 0 Å². The van der Waals surface area contributed by atoms with E-state index in [0.29, 0.717) is 13.1 Å². The van der Waals surface area contributed by atoms with Crippen LogP contribution in [0.2, 0.25) is 0 Å². The maximum Gasteiger partial charge on any atom is 0.331 e. The molecule has 164 valence electrons. The van der Waals surface area contributed by atoms with E-state index >= 15 is 0 Å². The van der Waals surface area contributed by atoms with Crippen LogP contribution in [0.1, 0.15) is 5.56 Å². The Bertz CT molecular complexity index is 1110. The highest BCUT2D eigenvalue weighted by Gasteiger charge is 2.22. The molecule has 0 aliphatic carbocycles. The molecule has 32 heavy (non-hydrogen) atoms. The van der Waals surface area contributed by atoms with Crippen molar-refractivity contribution in [3.05, 3.63) is 72.4 Å². The number of nitrogens with zero attached hydrogens (tertiary/aromatic N) is 3. The Hall–Kier alpha value is -3.87. The predicted octanol–water partition coefficient (Wildman–Crippen LogP) is 3.15. The quantitative estimate of drug-likeness (QED) is 0.441. The molecule has 4 rings (SSSR count). The molecular weight excluding hydrogens is 406 g/mol. The highest BCUT2D eigenvalue weighted by Crippen LogP contribution is 2.20. The second-order valence-electron chi connectivity index (χ2n) is 7.43. The third-order valence-electron chi connectivity index (χ3n) is 5.47. The summed E-state index contributed by atoms with van der Waals surface area (Å²) in [6.45, 7) is 2.35. The topological polar surface area (TPSA) is 72.0 Å². The summed E-state index contributed by atoms with van der Waals surface area (Å²) in [5.41, 5.74) is 2.73. The van der Waals surface area contributed by atoms with E-state index in [1.165, 1.54) is 6.08 Å². The van der Waals surface area contributed by atoms with Crippen molar-refractivity contribution in [1.29, 1.82) is 0 Å². The van der Waals surface area contributed by atoms with Gasteiger partial charge >= 0.3 is 5.97 Å². The minimum Gasteiger partial charge on any atom is -0.497 e. The van der Waals surface area contributed by atoms with Crippen LogP contribution in [0.4, 0.5) is 5.69 Å². The number of anilines is 1. The number of rotatable bonds is 6. The highest BCUT2D eigenvalue weighted by atomic mass is 16.5. The summed E-state index contributed by atoms with van der Waals surface area (Å²) < 4.78 is 10.4. The third-order valence-corrected chi connectivity index (χ3v) is 5.47. The number of ether oxygens (including phenoxy) is 2. The van der Waals surface area contributed by atoms with Crippen LogP contribution in [0.25, 0.3) is 17.0 Å². The van der Waals surface area contributed by atoms with Crippen molar-refractivity contribution in [2.24, 2.45) is 0 Å². The van der Waals surface area contributed by atoms with E-state index in [4.69, 9.17) is 9.47 Å². The van der Waals surface area contributed by atoms with E-state index in [1.807, 2.05) is 54.6 Å². The van der Waals surface area contributed by atoms with E-state index in [0.717, 1.165) is 41.0 Å². The number of hydrogen-bond acceptors (Lipinski definition) is 6. The number of benzene rings is 2. The second kappa shape index (κ2) is 9.96. The van der Waals surface area contributed by atoms with Crippen LogP contribution in [0.3, 0.4) is 0 Å². The first kappa shape index (κ1) is 21.4. The lowest BCUT2D eigenvalue weighted by molar-refractivity contribution is -0.148. The molecule has 1 amide bonds. The predicted molar refractivity (Wildman–Crippen MR) is 124 cm³/mol. The highest BCUT2D eigenvalue weighted by molar-refractivity contribution is 5.93. The van der Waals surface area contributed by atoms with Crippen molar-refractivity contribution in [3.8, 4) is 5.75 Å². The van der Waals surface area contributed by atoms with Gasteiger partial charge in [-0.3, -0.25) is 9.78 Å². The van der Waals surface area contributed by atoms with Crippen LogP contribution < -0.4 is 9.64 Å².